The zero-order valence-electron chi connectivity index (χ0n) is 8.94. The second-order valence-corrected chi connectivity index (χ2v) is 5.89. The van der Waals surface area contributed by atoms with Crippen LogP contribution in [0, 0.1) is 0 Å². The highest BCUT2D eigenvalue weighted by molar-refractivity contribution is 7.89. The largest absolute Gasteiger partial charge is 0.325 e. The molecule has 0 aliphatic carbocycles. The number of carbonyl (C=O) groups excluding carboxylic acids is 1. The van der Waals surface area contributed by atoms with Crippen molar-refractivity contribution in [1.29, 1.82) is 0 Å². The molecule has 1 aliphatic heterocycles. The molecule has 0 fully saturated rings. The van der Waals surface area contributed by atoms with Crippen molar-refractivity contribution in [3.8, 4) is 0 Å². The van der Waals surface area contributed by atoms with Gasteiger partial charge in [0.2, 0.25) is 15.9 Å². The van der Waals surface area contributed by atoms with Crippen LogP contribution in [0.25, 0.3) is 0 Å². The first-order valence-electron chi connectivity index (χ1n) is 4.72. The van der Waals surface area contributed by atoms with Gasteiger partial charge in [0.25, 0.3) is 0 Å². The van der Waals surface area contributed by atoms with Gasteiger partial charge >= 0.3 is 0 Å². The van der Waals surface area contributed by atoms with Crippen molar-refractivity contribution in [3.63, 3.8) is 0 Å². The lowest BCUT2D eigenvalue weighted by atomic mass is 9.86. The van der Waals surface area contributed by atoms with Gasteiger partial charge in [-0.1, -0.05) is 0 Å². The number of benzene rings is 1. The van der Waals surface area contributed by atoms with Crippen LogP contribution in [0.15, 0.2) is 23.1 Å². The fourth-order valence-corrected chi connectivity index (χ4v) is 2.27. The van der Waals surface area contributed by atoms with Crippen LogP contribution in [-0.4, -0.2) is 14.3 Å². The first-order valence-corrected chi connectivity index (χ1v) is 6.26. The smallest absolute Gasteiger partial charge is 0.238 e. The number of primary sulfonamides is 1. The van der Waals surface area contributed by atoms with Crippen molar-refractivity contribution < 1.29 is 13.2 Å². The molecule has 5 nitrogen and oxygen atoms in total. The number of hydrogen-bond acceptors (Lipinski definition) is 3. The normalized spacial score (nSPS) is 18.1. The fraction of sp³-hybridized carbons (Fsp3) is 0.300. The van der Waals surface area contributed by atoms with Crippen molar-refractivity contribution in [1.82, 2.24) is 0 Å². The summed E-state index contributed by atoms with van der Waals surface area (Å²) in [6.07, 6.45) is 0. The maximum atomic E-state index is 11.6. The average molecular weight is 240 g/mol. The van der Waals surface area contributed by atoms with E-state index in [1.807, 2.05) is 0 Å². The third-order valence-electron chi connectivity index (χ3n) is 2.81. The number of sulfonamides is 1. The van der Waals surface area contributed by atoms with Crippen LogP contribution < -0.4 is 10.5 Å². The Morgan fingerprint density at radius 3 is 2.50 bits per heavy atom. The number of nitrogens with one attached hydrogen (secondary N) is 1. The maximum absolute atomic E-state index is 11.6. The van der Waals surface area contributed by atoms with Crippen molar-refractivity contribution in [2.24, 2.45) is 5.14 Å². The van der Waals surface area contributed by atoms with Gasteiger partial charge in [0.15, 0.2) is 0 Å². The molecule has 1 aromatic rings. The predicted octanol–water partition coefficient (Wildman–Crippen LogP) is 0.564. The Morgan fingerprint density at radius 1 is 1.31 bits per heavy atom. The van der Waals surface area contributed by atoms with Gasteiger partial charge < -0.3 is 5.32 Å². The minimum absolute atomic E-state index is 0.0239. The highest BCUT2D eigenvalue weighted by atomic mass is 32.2. The summed E-state index contributed by atoms with van der Waals surface area (Å²) in [6.45, 7) is 3.47. The lowest BCUT2D eigenvalue weighted by Crippen LogP contribution is -2.27. The van der Waals surface area contributed by atoms with E-state index >= 15 is 0 Å². The molecule has 1 aromatic carbocycles. The maximum Gasteiger partial charge on any atom is 0.238 e. The topological polar surface area (TPSA) is 89.3 Å². The second kappa shape index (κ2) is 3.05. The lowest BCUT2D eigenvalue weighted by molar-refractivity contribution is -0.119. The Hall–Kier alpha value is -1.40. The molecule has 0 radical (unpaired) electrons. The van der Waals surface area contributed by atoms with Gasteiger partial charge in [-0.25, -0.2) is 13.6 Å². The van der Waals surface area contributed by atoms with Gasteiger partial charge in [0, 0.05) is 5.69 Å². The number of rotatable bonds is 1. The van der Waals surface area contributed by atoms with Crippen molar-refractivity contribution in [3.05, 3.63) is 23.8 Å². The molecule has 16 heavy (non-hydrogen) atoms. The average Bonchev–Trinajstić information content (AvgIpc) is 2.37. The summed E-state index contributed by atoms with van der Waals surface area (Å²) in [7, 11) is -3.73. The molecule has 3 N–H and O–H groups in total. The quantitative estimate of drug-likeness (QED) is 0.751. The van der Waals surface area contributed by atoms with E-state index in [1.54, 1.807) is 19.9 Å². The van der Waals surface area contributed by atoms with Crippen molar-refractivity contribution in [2.45, 2.75) is 24.2 Å². The van der Waals surface area contributed by atoms with E-state index in [9.17, 15) is 13.2 Å². The summed E-state index contributed by atoms with van der Waals surface area (Å²) in [5, 5.41) is 7.73. The molecule has 0 atom stereocenters. The van der Waals surface area contributed by atoms with E-state index < -0.39 is 15.4 Å². The Kier molecular flexibility index (Phi) is 2.12. The molecule has 0 spiro atoms. The lowest BCUT2D eigenvalue weighted by Gasteiger charge is -2.15. The molecular weight excluding hydrogens is 228 g/mol. The number of nitrogens with two attached hydrogens (primary N) is 1. The minimum Gasteiger partial charge on any atom is -0.325 e. The van der Waals surface area contributed by atoms with Gasteiger partial charge in [0.05, 0.1) is 10.3 Å². The van der Waals surface area contributed by atoms with E-state index in [-0.39, 0.29) is 10.8 Å². The van der Waals surface area contributed by atoms with Crippen LogP contribution >= 0.6 is 0 Å². The predicted molar refractivity (Wildman–Crippen MR) is 59.5 cm³/mol. The zero-order valence-corrected chi connectivity index (χ0v) is 9.76. The molecule has 0 aromatic heterocycles. The number of anilines is 1. The molecule has 86 valence electrons. The first-order chi connectivity index (χ1) is 7.23. The molecule has 0 saturated heterocycles. The highest BCUT2D eigenvalue weighted by Crippen LogP contribution is 2.38. The van der Waals surface area contributed by atoms with Crippen molar-refractivity contribution in [2.75, 3.05) is 5.32 Å². The molecule has 0 unspecified atom stereocenters. The second-order valence-electron chi connectivity index (χ2n) is 4.33. The summed E-state index contributed by atoms with van der Waals surface area (Å²) in [5.41, 5.74) is 0.571. The molecule has 6 heteroatoms. The number of amides is 1. The van der Waals surface area contributed by atoms with Crippen LogP contribution in [0.1, 0.15) is 19.4 Å². The van der Waals surface area contributed by atoms with Crippen LogP contribution in [0.2, 0.25) is 0 Å². The number of hydrogen-bond donors (Lipinski definition) is 2. The third-order valence-corrected chi connectivity index (χ3v) is 3.72. The van der Waals surface area contributed by atoms with Gasteiger partial charge in [0.1, 0.15) is 0 Å². The zero-order chi connectivity index (χ0) is 12.1. The number of carbonyl (C=O) groups is 1. The third kappa shape index (κ3) is 1.50. The Balaban J connectivity index is 2.66. The number of fused-ring (bicyclic) bond motifs is 1. The van der Waals surface area contributed by atoms with E-state index in [1.165, 1.54) is 12.1 Å². The molecule has 1 aliphatic rings. The van der Waals surface area contributed by atoms with Gasteiger partial charge in [-0.3, -0.25) is 4.79 Å². The molecule has 0 saturated carbocycles. The summed E-state index contributed by atoms with van der Waals surface area (Å²) in [4.78, 5) is 11.6. The van der Waals surface area contributed by atoms with Crippen LogP contribution in [0.3, 0.4) is 0 Å². The molecule has 1 heterocycles. The van der Waals surface area contributed by atoms with Gasteiger partial charge in [-0.15, -0.1) is 0 Å². The first kappa shape index (κ1) is 11.1. The van der Waals surface area contributed by atoms with E-state index in [0.29, 0.717) is 11.3 Å². The Morgan fingerprint density at radius 2 is 1.94 bits per heavy atom. The minimum atomic E-state index is -3.73. The Labute approximate surface area is 93.7 Å². The molecule has 0 bridgehead atoms. The Bertz CT molecular complexity index is 576. The monoisotopic (exact) mass is 240 g/mol. The summed E-state index contributed by atoms with van der Waals surface area (Å²) >= 11 is 0. The van der Waals surface area contributed by atoms with Gasteiger partial charge in [-0.05, 0) is 37.6 Å². The fourth-order valence-electron chi connectivity index (χ4n) is 1.73. The standard InChI is InChI=1S/C10H12N2O3S/c1-10(2)7-5-6(16(11,14)15)3-4-8(7)12-9(10)13/h3-5H,1-2H3,(H,12,13)(H2,11,14,15). The molecular formula is C10H12N2O3S. The molecule has 2 rings (SSSR count). The summed E-state index contributed by atoms with van der Waals surface area (Å²) in [5.74, 6) is -0.144. The summed E-state index contributed by atoms with van der Waals surface area (Å²) in [6, 6.07) is 4.39. The SMILES string of the molecule is CC1(C)C(=O)Nc2ccc(S(N)(=O)=O)cc21. The van der Waals surface area contributed by atoms with Crippen LogP contribution in [-0.2, 0) is 20.2 Å². The van der Waals surface area contributed by atoms with Crippen LogP contribution in [0.5, 0.6) is 0 Å². The van der Waals surface area contributed by atoms with Crippen molar-refractivity contribution >= 4 is 21.6 Å². The van der Waals surface area contributed by atoms with E-state index in [4.69, 9.17) is 5.14 Å². The van der Waals surface area contributed by atoms with E-state index in [2.05, 4.69) is 5.32 Å². The van der Waals surface area contributed by atoms with Crippen LogP contribution in [0.4, 0.5) is 5.69 Å². The highest BCUT2D eigenvalue weighted by Gasteiger charge is 2.38. The molecule has 1 amide bonds. The van der Waals surface area contributed by atoms with E-state index in [0.717, 1.165) is 0 Å². The van der Waals surface area contributed by atoms with Gasteiger partial charge in [-0.2, -0.15) is 0 Å². The summed E-state index contributed by atoms with van der Waals surface area (Å²) < 4.78 is 22.4.